The molecule has 1 saturated heterocycles. The number of anilines is 1. The largest absolute Gasteiger partial charge is 0.466 e. The van der Waals surface area contributed by atoms with E-state index >= 15 is 0 Å². The molecule has 2 aromatic carbocycles. The predicted molar refractivity (Wildman–Crippen MR) is 114 cm³/mol. The highest BCUT2D eigenvalue weighted by molar-refractivity contribution is 6.30. The number of ether oxygens (including phenoxy) is 1. The van der Waals surface area contributed by atoms with Crippen molar-refractivity contribution in [1.82, 2.24) is 4.98 Å². The molecule has 0 aliphatic carbocycles. The number of para-hydroxylation sites is 1. The van der Waals surface area contributed by atoms with Gasteiger partial charge in [0.05, 0.1) is 23.1 Å². The number of piperidine rings is 1. The molecule has 6 heteroatoms. The molecule has 0 bridgehead atoms. The minimum absolute atomic E-state index is 0.0424. The van der Waals surface area contributed by atoms with Gasteiger partial charge in [0.15, 0.2) is 0 Å². The van der Waals surface area contributed by atoms with Crippen molar-refractivity contribution in [2.75, 3.05) is 24.6 Å². The van der Waals surface area contributed by atoms with Gasteiger partial charge < -0.3 is 9.64 Å². The zero-order chi connectivity index (χ0) is 20.4. The summed E-state index contributed by atoms with van der Waals surface area (Å²) in [5, 5.41) is 1.09. The van der Waals surface area contributed by atoms with E-state index in [1.54, 1.807) is 12.1 Å². The minimum Gasteiger partial charge on any atom is -0.466 e. The first-order valence-corrected chi connectivity index (χ1v) is 10.2. The number of hydrogen-bond acceptors (Lipinski definition) is 4. The van der Waals surface area contributed by atoms with Crippen LogP contribution < -0.4 is 4.90 Å². The molecule has 0 amide bonds. The molecule has 1 aliphatic rings. The molecular weight excluding hydrogens is 391 g/mol. The summed E-state index contributed by atoms with van der Waals surface area (Å²) in [4.78, 5) is 19.0. The number of carbonyl (C=O) groups is 1. The van der Waals surface area contributed by atoms with Crippen molar-refractivity contribution in [3.05, 3.63) is 59.4 Å². The summed E-state index contributed by atoms with van der Waals surface area (Å²) in [6, 6.07) is 14.7. The lowest BCUT2D eigenvalue weighted by molar-refractivity contribution is -0.148. The van der Waals surface area contributed by atoms with Crippen molar-refractivity contribution < 1.29 is 13.9 Å². The Morgan fingerprint density at radius 3 is 2.72 bits per heavy atom. The fourth-order valence-corrected chi connectivity index (χ4v) is 3.93. The van der Waals surface area contributed by atoms with Crippen LogP contribution in [-0.4, -0.2) is 30.6 Å². The van der Waals surface area contributed by atoms with E-state index in [0.29, 0.717) is 6.61 Å². The van der Waals surface area contributed by atoms with Crippen LogP contribution in [0.1, 0.15) is 19.8 Å². The maximum atomic E-state index is 14.0. The maximum absolute atomic E-state index is 14.0. The molecular formula is C23H22ClFN2O2. The van der Waals surface area contributed by atoms with E-state index in [1.165, 1.54) is 6.07 Å². The summed E-state index contributed by atoms with van der Waals surface area (Å²) >= 11 is 5.84. The molecule has 1 aromatic heterocycles. The molecule has 150 valence electrons. The van der Waals surface area contributed by atoms with Gasteiger partial charge in [-0.15, -0.1) is 0 Å². The van der Waals surface area contributed by atoms with Crippen molar-refractivity contribution in [3.63, 3.8) is 0 Å². The fraction of sp³-hybridized carbons (Fsp3) is 0.304. The molecule has 0 N–H and O–H groups in total. The highest BCUT2D eigenvalue weighted by atomic mass is 35.5. The van der Waals surface area contributed by atoms with Crippen molar-refractivity contribution in [1.29, 1.82) is 0 Å². The summed E-state index contributed by atoms with van der Waals surface area (Å²) < 4.78 is 19.1. The van der Waals surface area contributed by atoms with Crippen molar-refractivity contribution >= 4 is 34.3 Å². The molecule has 1 fully saturated rings. The number of pyridine rings is 1. The zero-order valence-corrected chi connectivity index (χ0v) is 17.0. The minimum atomic E-state index is -0.446. The van der Waals surface area contributed by atoms with Gasteiger partial charge in [-0.05, 0) is 49.6 Å². The fourth-order valence-electron chi connectivity index (χ4n) is 3.81. The average Bonchev–Trinajstić information content (AvgIpc) is 2.75. The molecule has 0 atom stereocenters. The van der Waals surface area contributed by atoms with E-state index in [9.17, 15) is 9.18 Å². The number of hydrogen-bond donors (Lipinski definition) is 0. The second-order valence-corrected chi connectivity index (χ2v) is 7.60. The maximum Gasteiger partial charge on any atom is 0.309 e. The SMILES string of the molecule is CCOC(=O)C1CCN(c2ccc3cccc(-c4ccc(Cl)c(F)c4)c3n2)CC1. The standard InChI is InChI=1S/C23H22ClFN2O2/c1-2-29-23(28)16-10-12-27(13-11-16)21-9-7-15-4-3-5-18(22(15)26-21)17-6-8-19(24)20(25)14-17/h3-9,14,16H,2,10-13H2,1H3. The summed E-state index contributed by atoms with van der Waals surface area (Å²) in [6.07, 6.45) is 1.51. The molecule has 3 aromatic rings. The van der Waals surface area contributed by atoms with E-state index in [4.69, 9.17) is 21.3 Å². The Balaban J connectivity index is 1.63. The quantitative estimate of drug-likeness (QED) is 0.532. The molecule has 2 heterocycles. The van der Waals surface area contributed by atoms with Crippen LogP contribution in [0, 0.1) is 11.7 Å². The van der Waals surface area contributed by atoms with Crippen molar-refractivity contribution in [2.24, 2.45) is 5.92 Å². The third kappa shape index (κ3) is 4.06. The Bertz CT molecular complexity index is 1050. The third-order valence-electron chi connectivity index (χ3n) is 5.38. The van der Waals surface area contributed by atoms with Crippen molar-refractivity contribution in [3.8, 4) is 11.1 Å². The van der Waals surface area contributed by atoms with Gasteiger partial charge in [0.2, 0.25) is 0 Å². The van der Waals surface area contributed by atoms with Gasteiger partial charge in [0, 0.05) is 24.0 Å². The van der Waals surface area contributed by atoms with Gasteiger partial charge in [0.1, 0.15) is 11.6 Å². The highest BCUT2D eigenvalue weighted by Crippen LogP contribution is 2.32. The Morgan fingerprint density at radius 2 is 2.00 bits per heavy atom. The van der Waals surface area contributed by atoms with Crippen LogP contribution in [-0.2, 0) is 9.53 Å². The first-order valence-electron chi connectivity index (χ1n) is 9.83. The molecule has 0 unspecified atom stereocenters. The number of nitrogens with zero attached hydrogens (tertiary/aromatic N) is 2. The smallest absolute Gasteiger partial charge is 0.309 e. The number of aromatic nitrogens is 1. The number of carbonyl (C=O) groups excluding carboxylic acids is 1. The topological polar surface area (TPSA) is 42.4 Å². The predicted octanol–water partition coefficient (Wildman–Crippen LogP) is 5.47. The molecule has 0 radical (unpaired) electrons. The monoisotopic (exact) mass is 412 g/mol. The van der Waals surface area contributed by atoms with Gasteiger partial charge in [-0.2, -0.15) is 0 Å². The van der Waals surface area contributed by atoms with Crippen LogP contribution >= 0.6 is 11.6 Å². The summed E-state index contributed by atoms with van der Waals surface area (Å²) in [5.41, 5.74) is 2.42. The number of esters is 1. The summed E-state index contributed by atoms with van der Waals surface area (Å²) in [6.45, 7) is 3.75. The first-order chi connectivity index (χ1) is 14.1. The zero-order valence-electron chi connectivity index (χ0n) is 16.2. The molecule has 0 saturated carbocycles. The van der Waals surface area contributed by atoms with E-state index in [1.807, 2.05) is 37.3 Å². The van der Waals surface area contributed by atoms with Gasteiger partial charge in [-0.3, -0.25) is 4.79 Å². The normalized spacial score (nSPS) is 14.9. The lowest BCUT2D eigenvalue weighted by atomic mass is 9.97. The number of rotatable bonds is 4. The number of benzene rings is 2. The Labute approximate surface area is 174 Å². The molecule has 0 spiro atoms. The Hall–Kier alpha value is -2.66. The Morgan fingerprint density at radius 1 is 1.21 bits per heavy atom. The average molecular weight is 413 g/mol. The lowest BCUT2D eigenvalue weighted by Crippen LogP contribution is -2.37. The second-order valence-electron chi connectivity index (χ2n) is 7.19. The molecule has 1 aliphatic heterocycles. The van der Waals surface area contributed by atoms with E-state index in [2.05, 4.69) is 4.90 Å². The molecule has 4 nitrogen and oxygen atoms in total. The van der Waals surface area contributed by atoms with Gasteiger partial charge in [-0.1, -0.05) is 35.9 Å². The van der Waals surface area contributed by atoms with Gasteiger partial charge in [-0.25, -0.2) is 9.37 Å². The highest BCUT2D eigenvalue weighted by Gasteiger charge is 2.26. The van der Waals surface area contributed by atoms with Crippen molar-refractivity contribution in [2.45, 2.75) is 19.8 Å². The van der Waals surface area contributed by atoms with Crippen LogP contribution in [0.3, 0.4) is 0 Å². The van der Waals surface area contributed by atoms with E-state index in [-0.39, 0.29) is 16.9 Å². The van der Waals surface area contributed by atoms with Crippen LogP contribution in [0.4, 0.5) is 10.2 Å². The summed E-state index contributed by atoms with van der Waals surface area (Å²) in [5.74, 6) is 0.269. The third-order valence-corrected chi connectivity index (χ3v) is 5.68. The molecule has 29 heavy (non-hydrogen) atoms. The summed E-state index contributed by atoms with van der Waals surface area (Å²) in [7, 11) is 0. The first kappa shape index (κ1) is 19.6. The number of halogens is 2. The van der Waals surface area contributed by atoms with Crippen LogP contribution in [0.25, 0.3) is 22.0 Å². The van der Waals surface area contributed by atoms with Gasteiger partial charge in [0.25, 0.3) is 0 Å². The van der Waals surface area contributed by atoms with E-state index in [0.717, 1.165) is 53.8 Å². The van der Waals surface area contributed by atoms with E-state index < -0.39 is 5.82 Å². The van der Waals surface area contributed by atoms with Crippen LogP contribution in [0.15, 0.2) is 48.5 Å². The number of fused-ring (bicyclic) bond motifs is 1. The lowest BCUT2D eigenvalue weighted by Gasteiger charge is -2.31. The van der Waals surface area contributed by atoms with Gasteiger partial charge >= 0.3 is 5.97 Å². The van der Waals surface area contributed by atoms with Crippen LogP contribution in [0.5, 0.6) is 0 Å². The Kier molecular flexibility index (Phi) is 5.67. The van der Waals surface area contributed by atoms with Crippen LogP contribution in [0.2, 0.25) is 5.02 Å². The second kappa shape index (κ2) is 8.37. The molecule has 4 rings (SSSR count).